The van der Waals surface area contributed by atoms with Crippen LogP contribution >= 0.6 is 0 Å². The average molecular weight is 346 g/mol. The Balaban J connectivity index is 1.39. The monoisotopic (exact) mass is 346 g/mol. The SMILES string of the molecule is Cc1noc([C@@H]2CCCN(C(=O)[C@@H]3CC(=O)N(C4CCCC4)C3)C2)n1. The van der Waals surface area contributed by atoms with Crippen molar-refractivity contribution in [3.63, 3.8) is 0 Å². The van der Waals surface area contributed by atoms with Crippen LogP contribution in [0, 0.1) is 12.8 Å². The Kier molecular flexibility index (Phi) is 4.48. The molecule has 136 valence electrons. The molecule has 0 N–H and O–H groups in total. The van der Waals surface area contributed by atoms with E-state index in [1.165, 1.54) is 12.8 Å². The molecule has 0 spiro atoms. The van der Waals surface area contributed by atoms with E-state index in [0.717, 1.165) is 32.2 Å². The molecule has 4 rings (SSSR count). The summed E-state index contributed by atoms with van der Waals surface area (Å²) in [6.07, 6.45) is 6.85. The third-order valence-corrected chi connectivity index (χ3v) is 5.90. The molecule has 0 bridgehead atoms. The molecule has 0 aromatic carbocycles. The fraction of sp³-hybridized carbons (Fsp3) is 0.778. The topological polar surface area (TPSA) is 79.5 Å². The van der Waals surface area contributed by atoms with Gasteiger partial charge in [0.2, 0.25) is 17.7 Å². The summed E-state index contributed by atoms with van der Waals surface area (Å²) in [5, 5.41) is 3.86. The van der Waals surface area contributed by atoms with E-state index < -0.39 is 0 Å². The van der Waals surface area contributed by atoms with Crippen molar-refractivity contribution >= 4 is 11.8 Å². The van der Waals surface area contributed by atoms with Crippen LogP contribution in [-0.2, 0) is 9.59 Å². The summed E-state index contributed by atoms with van der Waals surface area (Å²) in [6, 6.07) is 0.362. The van der Waals surface area contributed by atoms with Crippen molar-refractivity contribution in [3.05, 3.63) is 11.7 Å². The predicted octanol–water partition coefficient (Wildman–Crippen LogP) is 1.88. The van der Waals surface area contributed by atoms with Crippen molar-refractivity contribution in [2.75, 3.05) is 19.6 Å². The number of nitrogens with zero attached hydrogens (tertiary/aromatic N) is 4. The second-order valence-corrected chi connectivity index (χ2v) is 7.69. The molecule has 2 saturated heterocycles. The van der Waals surface area contributed by atoms with Gasteiger partial charge in [0, 0.05) is 32.1 Å². The Hall–Kier alpha value is -1.92. The summed E-state index contributed by atoms with van der Waals surface area (Å²) >= 11 is 0. The predicted molar refractivity (Wildman–Crippen MR) is 89.7 cm³/mol. The Bertz CT molecular complexity index is 653. The fourth-order valence-electron chi connectivity index (χ4n) is 4.58. The molecule has 7 heteroatoms. The minimum atomic E-state index is -0.184. The first kappa shape index (κ1) is 16.5. The van der Waals surface area contributed by atoms with Gasteiger partial charge in [0.15, 0.2) is 5.82 Å². The number of aromatic nitrogens is 2. The lowest BCUT2D eigenvalue weighted by molar-refractivity contribution is -0.137. The van der Waals surface area contributed by atoms with E-state index in [1.807, 2.05) is 9.80 Å². The Morgan fingerprint density at radius 3 is 2.68 bits per heavy atom. The second kappa shape index (κ2) is 6.77. The molecule has 25 heavy (non-hydrogen) atoms. The first-order chi connectivity index (χ1) is 12.1. The Morgan fingerprint density at radius 2 is 1.96 bits per heavy atom. The number of carbonyl (C=O) groups is 2. The summed E-state index contributed by atoms with van der Waals surface area (Å²) in [4.78, 5) is 33.5. The van der Waals surface area contributed by atoms with Crippen LogP contribution < -0.4 is 0 Å². The van der Waals surface area contributed by atoms with Gasteiger partial charge >= 0.3 is 0 Å². The highest BCUT2D eigenvalue weighted by molar-refractivity contribution is 5.89. The molecule has 0 unspecified atom stereocenters. The molecular weight excluding hydrogens is 320 g/mol. The van der Waals surface area contributed by atoms with Gasteiger partial charge in [-0.15, -0.1) is 0 Å². The summed E-state index contributed by atoms with van der Waals surface area (Å²) in [5.41, 5.74) is 0. The van der Waals surface area contributed by atoms with Gasteiger partial charge in [0.1, 0.15) is 0 Å². The highest BCUT2D eigenvalue weighted by Gasteiger charge is 2.41. The lowest BCUT2D eigenvalue weighted by Gasteiger charge is -2.33. The van der Waals surface area contributed by atoms with Crippen molar-refractivity contribution in [1.29, 1.82) is 0 Å². The van der Waals surface area contributed by atoms with Gasteiger partial charge in [-0.1, -0.05) is 18.0 Å². The first-order valence-corrected chi connectivity index (χ1v) is 9.50. The molecule has 3 fully saturated rings. The smallest absolute Gasteiger partial charge is 0.231 e. The van der Waals surface area contributed by atoms with Crippen molar-refractivity contribution in [3.8, 4) is 0 Å². The third kappa shape index (κ3) is 3.28. The number of hydrogen-bond donors (Lipinski definition) is 0. The van der Waals surface area contributed by atoms with Gasteiger partial charge in [0.25, 0.3) is 0 Å². The van der Waals surface area contributed by atoms with E-state index >= 15 is 0 Å². The number of hydrogen-bond acceptors (Lipinski definition) is 5. The number of amides is 2. The van der Waals surface area contributed by atoms with E-state index in [-0.39, 0.29) is 23.7 Å². The molecule has 1 saturated carbocycles. The maximum atomic E-state index is 13.0. The first-order valence-electron chi connectivity index (χ1n) is 9.50. The Labute approximate surface area is 147 Å². The van der Waals surface area contributed by atoms with Crippen LogP contribution in [0.1, 0.15) is 62.6 Å². The lowest BCUT2D eigenvalue weighted by Crippen LogP contribution is -2.43. The van der Waals surface area contributed by atoms with E-state index in [9.17, 15) is 9.59 Å². The van der Waals surface area contributed by atoms with E-state index in [1.54, 1.807) is 6.92 Å². The molecule has 3 aliphatic rings. The number of piperidine rings is 1. The number of likely N-dealkylation sites (tertiary alicyclic amines) is 2. The van der Waals surface area contributed by atoms with E-state index in [4.69, 9.17) is 4.52 Å². The van der Waals surface area contributed by atoms with Crippen molar-refractivity contribution < 1.29 is 14.1 Å². The van der Waals surface area contributed by atoms with Gasteiger partial charge in [-0.2, -0.15) is 4.98 Å². The minimum absolute atomic E-state index is 0.113. The zero-order valence-corrected chi connectivity index (χ0v) is 14.8. The van der Waals surface area contributed by atoms with Crippen LogP contribution in [0.15, 0.2) is 4.52 Å². The van der Waals surface area contributed by atoms with Crippen LogP contribution in [0.5, 0.6) is 0 Å². The highest BCUT2D eigenvalue weighted by Crippen LogP contribution is 2.32. The largest absolute Gasteiger partial charge is 0.342 e. The van der Waals surface area contributed by atoms with Crippen LogP contribution in [0.3, 0.4) is 0 Å². The van der Waals surface area contributed by atoms with E-state index in [2.05, 4.69) is 10.1 Å². The van der Waals surface area contributed by atoms with Crippen LogP contribution in [0.25, 0.3) is 0 Å². The average Bonchev–Trinajstić information content (AvgIpc) is 3.35. The Morgan fingerprint density at radius 1 is 1.16 bits per heavy atom. The maximum Gasteiger partial charge on any atom is 0.231 e. The summed E-state index contributed by atoms with van der Waals surface area (Å²) < 4.78 is 5.30. The standard InChI is InChI=1S/C18H26N4O3/c1-12-19-17(25-20-12)13-5-4-8-21(10-13)18(24)14-9-16(23)22(11-14)15-6-2-3-7-15/h13-15H,2-11H2,1H3/t13-,14-/m1/s1. The van der Waals surface area contributed by atoms with Crippen molar-refractivity contribution in [1.82, 2.24) is 19.9 Å². The maximum absolute atomic E-state index is 13.0. The summed E-state index contributed by atoms with van der Waals surface area (Å²) in [5.74, 6) is 1.47. The lowest BCUT2D eigenvalue weighted by atomic mass is 9.96. The fourth-order valence-corrected chi connectivity index (χ4v) is 4.58. The van der Waals surface area contributed by atoms with Crippen molar-refractivity contribution in [2.24, 2.45) is 5.92 Å². The molecule has 3 heterocycles. The molecule has 1 aromatic heterocycles. The second-order valence-electron chi connectivity index (χ2n) is 7.69. The molecule has 1 aliphatic carbocycles. The van der Waals surface area contributed by atoms with Crippen LogP contribution in [0.4, 0.5) is 0 Å². The molecule has 2 amide bonds. The molecule has 1 aromatic rings. The summed E-state index contributed by atoms with van der Waals surface area (Å²) in [7, 11) is 0. The number of carbonyl (C=O) groups excluding carboxylic acids is 2. The van der Waals surface area contributed by atoms with Gasteiger partial charge in [0.05, 0.1) is 11.8 Å². The van der Waals surface area contributed by atoms with Gasteiger partial charge in [-0.25, -0.2) is 0 Å². The van der Waals surface area contributed by atoms with Gasteiger partial charge in [-0.05, 0) is 32.6 Å². The number of rotatable bonds is 3. The summed E-state index contributed by atoms with van der Waals surface area (Å²) in [6.45, 7) is 3.79. The molecule has 2 atom stereocenters. The molecule has 0 radical (unpaired) electrons. The van der Waals surface area contributed by atoms with Crippen LogP contribution in [-0.4, -0.2) is 57.4 Å². The zero-order valence-electron chi connectivity index (χ0n) is 14.8. The molecule has 7 nitrogen and oxygen atoms in total. The minimum Gasteiger partial charge on any atom is -0.342 e. The van der Waals surface area contributed by atoms with E-state index in [0.29, 0.717) is 37.3 Å². The molecular formula is C18H26N4O3. The van der Waals surface area contributed by atoms with Crippen molar-refractivity contribution in [2.45, 2.75) is 63.8 Å². The highest BCUT2D eigenvalue weighted by atomic mass is 16.5. The third-order valence-electron chi connectivity index (χ3n) is 5.90. The quantitative estimate of drug-likeness (QED) is 0.835. The molecule has 2 aliphatic heterocycles. The normalized spacial score (nSPS) is 28.1. The van der Waals surface area contributed by atoms with Gasteiger partial charge in [-0.3, -0.25) is 9.59 Å². The number of aryl methyl sites for hydroxylation is 1. The van der Waals surface area contributed by atoms with Gasteiger partial charge < -0.3 is 14.3 Å². The van der Waals surface area contributed by atoms with Crippen LogP contribution in [0.2, 0.25) is 0 Å². The zero-order chi connectivity index (χ0) is 17.4.